The monoisotopic (exact) mass is 394 g/mol. The normalized spacial score (nSPS) is 13.5. The Balaban J connectivity index is 1.57. The van der Waals surface area contributed by atoms with Crippen LogP contribution in [0.2, 0.25) is 10.2 Å². The average Bonchev–Trinajstić information content (AvgIpc) is 3.19. The molecule has 2 aromatic rings. The third-order valence-electron chi connectivity index (χ3n) is 4.42. The van der Waals surface area contributed by atoms with Crippen molar-refractivity contribution < 1.29 is 4.74 Å². The molecule has 0 bridgehead atoms. The predicted molar refractivity (Wildman–Crippen MR) is 108 cm³/mol. The number of ether oxygens (including phenoxy) is 1. The van der Waals surface area contributed by atoms with Crippen molar-refractivity contribution >= 4 is 29.2 Å². The topological polar surface area (TPSA) is 50.6 Å². The molecule has 1 aliphatic rings. The second kappa shape index (κ2) is 8.69. The van der Waals surface area contributed by atoms with E-state index < -0.39 is 0 Å². The number of aliphatic imine (C=N–C) groups is 1. The highest BCUT2D eigenvalue weighted by Crippen LogP contribution is 2.26. The fourth-order valence-corrected chi connectivity index (χ4v) is 3.38. The summed E-state index contributed by atoms with van der Waals surface area (Å²) in [6, 6.07) is 8.29. The largest absolute Gasteiger partial charge is 0.493 e. The summed E-state index contributed by atoms with van der Waals surface area (Å²) in [5.41, 5.74) is 3.58. The van der Waals surface area contributed by atoms with E-state index in [0.717, 1.165) is 49.9 Å². The number of guanidine groups is 1. The zero-order valence-electron chi connectivity index (χ0n) is 15.1. The van der Waals surface area contributed by atoms with E-state index in [-0.39, 0.29) is 0 Å². The third-order valence-corrected chi connectivity index (χ3v) is 5.26. The minimum Gasteiger partial charge on any atom is -0.493 e. The Hall–Kier alpha value is -1.85. The minimum absolute atomic E-state index is 0.508. The number of fused-ring (bicyclic) bond motifs is 1. The lowest BCUT2D eigenvalue weighted by Crippen LogP contribution is -2.38. The molecular weight excluding hydrogens is 371 g/mol. The number of halogens is 2. The molecule has 0 saturated heterocycles. The first kappa shape index (κ1) is 18.9. The first-order valence-corrected chi connectivity index (χ1v) is 9.60. The maximum absolute atomic E-state index is 6.11. The van der Waals surface area contributed by atoms with Crippen LogP contribution < -0.4 is 15.4 Å². The molecule has 0 atom stereocenters. The summed E-state index contributed by atoms with van der Waals surface area (Å²) in [6.45, 7) is 4.96. The first-order chi connectivity index (χ1) is 12.6. The highest BCUT2D eigenvalue weighted by atomic mass is 35.5. The van der Waals surface area contributed by atoms with E-state index in [1.54, 1.807) is 0 Å². The van der Waals surface area contributed by atoms with Gasteiger partial charge in [0.05, 0.1) is 18.2 Å². The highest BCUT2D eigenvalue weighted by Gasteiger charge is 2.12. The van der Waals surface area contributed by atoms with Crippen molar-refractivity contribution in [1.29, 1.82) is 0 Å². The smallest absolute Gasteiger partial charge is 0.191 e. The molecule has 1 aromatic heterocycles. The van der Waals surface area contributed by atoms with Crippen LogP contribution in [0.15, 0.2) is 29.3 Å². The second-order valence-electron chi connectivity index (χ2n) is 6.25. The van der Waals surface area contributed by atoms with E-state index in [1.165, 1.54) is 11.1 Å². The maximum Gasteiger partial charge on any atom is 0.191 e. The molecule has 0 spiro atoms. The molecule has 0 fully saturated rings. The summed E-state index contributed by atoms with van der Waals surface area (Å²) in [4.78, 5) is 4.62. The van der Waals surface area contributed by atoms with Crippen LogP contribution in [-0.4, -0.2) is 30.2 Å². The number of hydrogen-bond donors (Lipinski definition) is 2. The molecule has 140 valence electrons. The molecule has 3 rings (SSSR count). The van der Waals surface area contributed by atoms with Crippen LogP contribution in [0.4, 0.5) is 0 Å². The van der Waals surface area contributed by atoms with Gasteiger partial charge in [-0.05, 0) is 36.6 Å². The number of rotatable bonds is 6. The molecule has 0 aliphatic carbocycles. The van der Waals surface area contributed by atoms with Gasteiger partial charge in [0, 0.05) is 32.3 Å². The molecule has 7 heteroatoms. The Kier molecular flexibility index (Phi) is 6.33. The van der Waals surface area contributed by atoms with Crippen molar-refractivity contribution in [2.75, 3.05) is 19.7 Å². The fraction of sp³-hybridized carbons (Fsp3) is 0.421. The van der Waals surface area contributed by atoms with Crippen molar-refractivity contribution in [3.05, 3.63) is 51.3 Å². The molecule has 0 radical (unpaired) electrons. The Morgan fingerprint density at radius 2 is 2.12 bits per heavy atom. The zero-order valence-corrected chi connectivity index (χ0v) is 16.6. The van der Waals surface area contributed by atoms with Gasteiger partial charge in [-0.15, -0.1) is 0 Å². The number of hydrogen-bond acceptors (Lipinski definition) is 2. The summed E-state index contributed by atoms with van der Waals surface area (Å²) in [6.07, 6.45) is 1.93. The van der Waals surface area contributed by atoms with Crippen molar-refractivity contribution in [3.8, 4) is 5.75 Å². The summed E-state index contributed by atoms with van der Waals surface area (Å²) in [5.74, 6) is 1.81. The molecule has 1 aliphatic heterocycles. The van der Waals surface area contributed by atoms with Crippen LogP contribution in [0.5, 0.6) is 5.75 Å². The van der Waals surface area contributed by atoms with E-state index in [4.69, 9.17) is 27.9 Å². The van der Waals surface area contributed by atoms with Gasteiger partial charge in [0.25, 0.3) is 0 Å². The second-order valence-corrected chi connectivity index (χ2v) is 7.01. The standard InChI is InChI=1S/C19H24Cl2N4O/c1-3-22-19(24-12-15-11-16(20)18(21)25(15)2)23-8-6-13-4-5-17-14(10-13)7-9-26-17/h4-5,10-11H,3,6-9,12H2,1-2H3,(H2,22,23,24). The lowest BCUT2D eigenvalue weighted by atomic mass is 10.1. The van der Waals surface area contributed by atoms with Crippen LogP contribution in [0.25, 0.3) is 0 Å². The summed E-state index contributed by atoms with van der Waals surface area (Å²) in [7, 11) is 1.89. The van der Waals surface area contributed by atoms with Gasteiger partial charge in [-0.25, -0.2) is 4.99 Å². The van der Waals surface area contributed by atoms with Gasteiger partial charge in [-0.3, -0.25) is 0 Å². The van der Waals surface area contributed by atoms with Gasteiger partial charge in [-0.2, -0.15) is 0 Å². The average molecular weight is 395 g/mol. The number of nitrogens with zero attached hydrogens (tertiary/aromatic N) is 2. The van der Waals surface area contributed by atoms with E-state index in [1.807, 2.05) is 24.6 Å². The molecule has 0 amide bonds. The van der Waals surface area contributed by atoms with Gasteiger partial charge in [0.2, 0.25) is 0 Å². The van der Waals surface area contributed by atoms with Crippen LogP contribution in [-0.2, 0) is 26.4 Å². The van der Waals surface area contributed by atoms with E-state index in [0.29, 0.717) is 16.7 Å². The Morgan fingerprint density at radius 1 is 1.27 bits per heavy atom. The molecule has 2 N–H and O–H groups in total. The lowest BCUT2D eigenvalue weighted by Gasteiger charge is -2.12. The Labute approximate surface area is 164 Å². The maximum atomic E-state index is 6.11. The van der Waals surface area contributed by atoms with E-state index in [2.05, 4.69) is 33.8 Å². The van der Waals surface area contributed by atoms with E-state index in [9.17, 15) is 0 Å². The number of nitrogens with one attached hydrogen (secondary N) is 2. The minimum atomic E-state index is 0.508. The summed E-state index contributed by atoms with van der Waals surface area (Å²) in [5, 5.41) is 7.74. The molecule has 1 aromatic carbocycles. The van der Waals surface area contributed by atoms with Crippen molar-refractivity contribution in [2.24, 2.45) is 12.0 Å². The van der Waals surface area contributed by atoms with Crippen LogP contribution in [0.3, 0.4) is 0 Å². The van der Waals surface area contributed by atoms with Gasteiger partial charge in [-0.1, -0.05) is 35.3 Å². The van der Waals surface area contributed by atoms with Gasteiger partial charge >= 0.3 is 0 Å². The Bertz CT molecular complexity index is 801. The first-order valence-electron chi connectivity index (χ1n) is 8.85. The Morgan fingerprint density at radius 3 is 2.85 bits per heavy atom. The number of aromatic nitrogens is 1. The van der Waals surface area contributed by atoms with Crippen molar-refractivity contribution in [2.45, 2.75) is 26.3 Å². The highest BCUT2D eigenvalue weighted by molar-refractivity contribution is 6.41. The summed E-state index contributed by atoms with van der Waals surface area (Å²) < 4.78 is 7.41. The zero-order chi connectivity index (χ0) is 18.5. The molecule has 0 unspecified atom stereocenters. The lowest BCUT2D eigenvalue weighted by molar-refractivity contribution is 0.357. The van der Waals surface area contributed by atoms with Crippen LogP contribution >= 0.6 is 23.2 Å². The molecular formula is C19H24Cl2N4O. The molecule has 2 heterocycles. The van der Waals surface area contributed by atoms with Crippen LogP contribution in [0, 0.1) is 0 Å². The van der Waals surface area contributed by atoms with Crippen molar-refractivity contribution in [3.63, 3.8) is 0 Å². The fourth-order valence-electron chi connectivity index (χ4n) is 2.96. The van der Waals surface area contributed by atoms with Crippen LogP contribution in [0.1, 0.15) is 23.7 Å². The summed E-state index contributed by atoms with van der Waals surface area (Å²) >= 11 is 12.2. The van der Waals surface area contributed by atoms with Gasteiger partial charge < -0.3 is 19.9 Å². The van der Waals surface area contributed by atoms with Gasteiger partial charge in [0.1, 0.15) is 10.9 Å². The van der Waals surface area contributed by atoms with Gasteiger partial charge in [0.15, 0.2) is 5.96 Å². The quantitative estimate of drug-likeness (QED) is 0.581. The molecule has 26 heavy (non-hydrogen) atoms. The predicted octanol–water partition coefficient (Wildman–Crippen LogP) is 3.56. The molecule has 0 saturated carbocycles. The van der Waals surface area contributed by atoms with Crippen molar-refractivity contribution in [1.82, 2.24) is 15.2 Å². The molecule has 5 nitrogen and oxygen atoms in total. The number of benzene rings is 1. The SMILES string of the molecule is CCNC(=NCc1cc(Cl)c(Cl)n1C)NCCc1ccc2c(c1)CCO2. The van der Waals surface area contributed by atoms with E-state index >= 15 is 0 Å². The third kappa shape index (κ3) is 4.46.